The van der Waals surface area contributed by atoms with Gasteiger partial charge >= 0.3 is 0 Å². The van der Waals surface area contributed by atoms with Gasteiger partial charge in [-0.1, -0.05) is 10.6 Å². The van der Waals surface area contributed by atoms with E-state index in [4.69, 9.17) is 5.73 Å². The van der Waals surface area contributed by atoms with Crippen LogP contribution in [0.3, 0.4) is 0 Å². The molecule has 0 atom stereocenters. The van der Waals surface area contributed by atoms with Crippen LogP contribution < -0.4 is 10.6 Å². The number of hydrogen-bond acceptors (Lipinski definition) is 5. The molecule has 0 spiro atoms. The first kappa shape index (κ1) is 11.9. The van der Waals surface area contributed by atoms with Crippen molar-refractivity contribution in [2.24, 2.45) is 0 Å². The van der Waals surface area contributed by atoms with Crippen molar-refractivity contribution in [3.05, 3.63) is 35.0 Å². The highest BCUT2D eigenvalue weighted by atomic mass is 32.1. The fourth-order valence-electron chi connectivity index (χ4n) is 1.81. The number of nitrogens with two attached hydrogens (primary N) is 1. The van der Waals surface area contributed by atoms with Gasteiger partial charge < -0.3 is 10.6 Å². The summed E-state index contributed by atoms with van der Waals surface area (Å²) < 4.78 is 3.84. The van der Waals surface area contributed by atoms with Crippen LogP contribution in [0.15, 0.2) is 18.2 Å². The zero-order valence-corrected chi connectivity index (χ0v) is 11.1. The molecule has 0 aliphatic carbocycles. The van der Waals surface area contributed by atoms with Gasteiger partial charge in [-0.3, -0.25) is 0 Å². The van der Waals surface area contributed by atoms with E-state index in [1.807, 2.05) is 7.05 Å². The van der Waals surface area contributed by atoms with Crippen LogP contribution in [-0.2, 0) is 6.54 Å². The molecule has 1 aromatic heterocycles. The Morgan fingerprint density at radius 3 is 2.41 bits per heavy atom. The van der Waals surface area contributed by atoms with E-state index in [2.05, 4.69) is 46.5 Å². The summed E-state index contributed by atoms with van der Waals surface area (Å²) in [6.45, 7) is 4.89. The van der Waals surface area contributed by atoms with E-state index < -0.39 is 0 Å². The minimum atomic E-state index is 0.686. The highest BCUT2D eigenvalue weighted by Crippen LogP contribution is 2.21. The number of anilines is 2. The molecule has 0 unspecified atom stereocenters. The maximum Gasteiger partial charge on any atom is 0.132 e. The largest absolute Gasteiger partial charge is 0.388 e. The van der Waals surface area contributed by atoms with Crippen molar-refractivity contribution in [1.82, 2.24) is 9.59 Å². The van der Waals surface area contributed by atoms with E-state index in [1.165, 1.54) is 28.3 Å². The van der Waals surface area contributed by atoms with E-state index in [0.29, 0.717) is 11.5 Å². The topological polar surface area (TPSA) is 55.0 Å². The third kappa shape index (κ3) is 2.74. The Bertz CT molecular complexity index is 501. The fourth-order valence-corrected chi connectivity index (χ4v) is 2.25. The van der Waals surface area contributed by atoms with E-state index >= 15 is 0 Å². The minimum absolute atomic E-state index is 0.686. The molecular formula is C12H16N4S. The van der Waals surface area contributed by atoms with Gasteiger partial charge in [0.2, 0.25) is 0 Å². The van der Waals surface area contributed by atoms with Gasteiger partial charge in [-0.25, -0.2) is 0 Å². The van der Waals surface area contributed by atoms with Crippen LogP contribution in [0.4, 0.5) is 10.7 Å². The third-order valence-corrected chi connectivity index (χ3v) is 3.21. The van der Waals surface area contributed by atoms with Crippen molar-refractivity contribution >= 4 is 22.2 Å². The first-order valence-corrected chi connectivity index (χ1v) is 6.20. The Morgan fingerprint density at radius 1 is 1.24 bits per heavy atom. The average molecular weight is 248 g/mol. The quantitative estimate of drug-likeness (QED) is 0.906. The summed E-state index contributed by atoms with van der Waals surface area (Å²) in [6.07, 6.45) is 0. The van der Waals surface area contributed by atoms with Crippen molar-refractivity contribution in [3.63, 3.8) is 0 Å². The SMILES string of the molecule is Cc1cc(C)cc(N(C)Cc2nnsc2N)c1. The fraction of sp³-hybridized carbons (Fsp3) is 0.333. The standard InChI is InChI=1S/C12H16N4S/c1-8-4-9(2)6-10(5-8)16(3)7-11-12(13)17-15-14-11/h4-6H,7,13H2,1-3H3. The smallest absolute Gasteiger partial charge is 0.132 e. The van der Waals surface area contributed by atoms with Gasteiger partial charge in [-0.2, -0.15) is 0 Å². The Balaban J connectivity index is 2.20. The molecule has 1 aromatic carbocycles. The van der Waals surface area contributed by atoms with E-state index in [0.717, 1.165) is 5.69 Å². The predicted molar refractivity (Wildman–Crippen MR) is 72.3 cm³/mol. The van der Waals surface area contributed by atoms with Crippen LogP contribution in [0.25, 0.3) is 0 Å². The lowest BCUT2D eigenvalue weighted by molar-refractivity contribution is 0.873. The molecule has 0 radical (unpaired) electrons. The van der Waals surface area contributed by atoms with Crippen LogP contribution in [-0.4, -0.2) is 16.6 Å². The van der Waals surface area contributed by atoms with Crippen molar-refractivity contribution in [2.45, 2.75) is 20.4 Å². The number of aryl methyl sites for hydroxylation is 2. The first-order chi connectivity index (χ1) is 8.06. The molecule has 2 N–H and O–H groups in total. The summed E-state index contributed by atoms with van der Waals surface area (Å²) in [6, 6.07) is 6.47. The van der Waals surface area contributed by atoms with Crippen LogP contribution in [0.2, 0.25) is 0 Å². The van der Waals surface area contributed by atoms with Gasteiger partial charge in [0, 0.05) is 24.3 Å². The van der Waals surface area contributed by atoms with Crippen LogP contribution in [0.1, 0.15) is 16.8 Å². The van der Waals surface area contributed by atoms with Gasteiger partial charge in [-0.05, 0) is 37.1 Å². The molecule has 17 heavy (non-hydrogen) atoms. The Kier molecular flexibility index (Phi) is 3.28. The van der Waals surface area contributed by atoms with Crippen molar-refractivity contribution < 1.29 is 0 Å². The number of nitrogens with zero attached hydrogens (tertiary/aromatic N) is 3. The van der Waals surface area contributed by atoms with E-state index in [9.17, 15) is 0 Å². The van der Waals surface area contributed by atoms with E-state index in [-0.39, 0.29) is 0 Å². The summed E-state index contributed by atoms with van der Waals surface area (Å²) in [5, 5.41) is 4.72. The molecule has 0 bridgehead atoms. The third-order valence-electron chi connectivity index (χ3n) is 2.62. The number of nitrogen functional groups attached to an aromatic ring is 1. The van der Waals surface area contributed by atoms with Gasteiger partial charge in [0.25, 0.3) is 0 Å². The second kappa shape index (κ2) is 4.71. The molecular weight excluding hydrogens is 232 g/mol. The predicted octanol–water partition coefficient (Wildman–Crippen LogP) is 2.37. The summed E-state index contributed by atoms with van der Waals surface area (Å²) >= 11 is 1.24. The summed E-state index contributed by atoms with van der Waals surface area (Å²) in [5.74, 6) is 0. The highest BCUT2D eigenvalue weighted by Gasteiger charge is 2.09. The highest BCUT2D eigenvalue weighted by molar-refractivity contribution is 7.09. The van der Waals surface area contributed by atoms with Crippen molar-refractivity contribution in [2.75, 3.05) is 17.7 Å². The summed E-state index contributed by atoms with van der Waals surface area (Å²) in [5.41, 5.74) is 10.3. The molecule has 5 heteroatoms. The van der Waals surface area contributed by atoms with Gasteiger partial charge in [0.15, 0.2) is 0 Å². The lowest BCUT2D eigenvalue weighted by atomic mass is 10.1. The average Bonchev–Trinajstić information content (AvgIpc) is 2.63. The van der Waals surface area contributed by atoms with Gasteiger partial charge in [0.1, 0.15) is 10.7 Å². The Labute approximate surface area is 105 Å². The minimum Gasteiger partial charge on any atom is -0.388 e. The maximum absolute atomic E-state index is 5.79. The molecule has 0 aliphatic rings. The number of hydrogen-bond donors (Lipinski definition) is 1. The maximum atomic E-state index is 5.79. The molecule has 0 fully saturated rings. The zero-order valence-electron chi connectivity index (χ0n) is 10.3. The lowest BCUT2D eigenvalue weighted by Crippen LogP contribution is -2.17. The van der Waals surface area contributed by atoms with Crippen LogP contribution >= 0.6 is 11.5 Å². The number of rotatable bonds is 3. The molecule has 0 saturated carbocycles. The van der Waals surface area contributed by atoms with Gasteiger partial charge in [-0.15, -0.1) is 5.10 Å². The van der Waals surface area contributed by atoms with Crippen LogP contribution in [0.5, 0.6) is 0 Å². The molecule has 2 aromatic rings. The molecule has 4 nitrogen and oxygen atoms in total. The molecule has 0 saturated heterocycles. The van der Waals surface area contributed by atoms with Gasteiger partial charge in [0.05, 0.1) is 6.54 Å². The summed E-state index contributed by atoms with van der Waals surface area (Å²) in [4.78, 5) is 2.13. The normalized spacial score (nSPS) is 10.5. The molecule has 90 valence electrons. The molecule has 2 rings (SSSR count). The van der Waals surface area contributed by atoms with Crippen LogP contribution in [0, 0.1) is 13.8 Å². The molecule has 0 aliphatic heterocycles. The number of aromatic nitrogens is 2. The molecule has 1 heterocycles. The second-order valence-corrected chi connectivity index (χ2v) is 5.07. The number of benzene rings is 1. The summed E-state index contributed by atoms with van der Waals surface area (Å²) in [7, 11) is 2.03. The second-order valence-electron chi connectivity index (χ2n) is 4.29. The van der Waals surface area contributed by atoms with E-state index in [1.54, 1.807) is 0 Å². The Morgan fingerprint density at radius 2 is 1.88 bits per heavy atom. The van der Waals surface area contributed by atoms with Crippen molar-refractivity contribution in [1.29, 1.82) is 0 Å². The first-order valence-electron chi connectivity index (χ1n) is 5.42. The van der Waals surface area contributed by atoms with Crippen molar-refractivity contribution in [3.8, 4) is 0 Å². The Hall–Kier alpha value is -1.62. The lowest BCUT2D eigenvalue weighted by Gasteiger charge is -2.19. The zero-order chi connectivity index (χ0) is 12.4. The monoisotopic (exact) mass is 248 g/mol. The molecule has 0 amide bonds.